The normalized spacial score (nSPS) is 11.6. The van der Waals surface area contributed by atoms with Crippen molar-refractivity contribution in [2.45, 2.75) is 6.36 Å². The van der Waals surface area contributed by atoms with E-state index in [1.165, 1.54) is 0 Å². The zero-order valence-corrected chi connectivity index (χ0v) is 10.1. The number of halogens is 6. The predicted octanol–water partition coefficient (Wildman–Crippen LogP) is 4.09. The highest BCUT2D eigenvalue weighted by Gasteiger charge is 2.32. The summed E-state index contributed by atoms with van der Waals surface area (Å²) >= 11 is 4.34. The van der Waals surface area contributed by atoms with Crippen molar-refractivity contribution in [1.82, 2.24) is 0 Å². The van der Waals surface area contributed by atoms with Crippen molar-refractivity contribution in [2.24, 2.45) is 0 Å². The lowest BCUT2D eigenvalue weighted by Crippen LogP contribution is -2.17. The molecule has 0 aromatic heterocycles. The summed E-state index contributed by atoms with van der Waals surface area (Å²) in [7, 11) is 0. The number of benzene rings is 1. The minimum Gasteiger partial charge on any atom is -0.405 e. The van der Waals surface area contributed by atoms with Gasteiger partial charge < -0.3 is 4.74 Å². The second kappa shape index (κ2) is 4.21. The van der Waals surface area contributed by atoms with Gasteiger partial charge >= 0.3 is 6.36 Å². The van der Waals surface area contributed by atoms with Crippen LogP contribution in [0.1, 0.15) is 0 Å². The molecule has 0 aliphatic heterocycles. The number of hydrogen-bond donors (Lipinski definition) is 0. The van der Waals surface area contributed by atoms with E-state index in [4.69, 9.17) is 0 Å². The van der Waals surface area contributed by atoms with Crippen molar-refractivity contribution in [1.29, 1.82) is 0 Å². The van der Waals surface area contributed by atoms with Gasteiger partial charge in [0.25, 0.3) is 0 Å². The third-order valence-electron chi connectivity index (χ3n) is 1.20. The molecule has 0 fully saturated rings. The Morgan fingerprint density at radius 3 is 2.36 bits per heavy atom. The molecule has 0 N–H and O–H groups in total. The summed E-state index contributed by atoms with van der Waals surface area (Å²) in [5, 5.41) is 0. The Morgan fingerprint density at radius 2 is 1.86 bits per heavy atom. The summed E-state index contributed by atoms with van der Waals surface area (Å²) in [5.74, 6) is -1.06. The van der Waals surface area contributed by atoms with Crippen LogP contribution in [0.5, 0.6) is 5.75 Å². The van der Waals surface area contributed by atoms with E-state index in [0.29, 0.717) is 0 Å². The fourth-order valence-electron chi connectivity index (χ4n) is 0.707. The Bertz CT molecular complexity index is 352. The van der Waals surface area contributed by atoms with Crippen molar-refractivity contribution >= 4 is 38.5 Å². The van der Waals surface area contributed by atoms with Crippen LogP contribution < -0.4 is 4.74 Å². The van der Waals surface area contributed by atoms with Gasteiger partial charge in [0.1, 0.15) is 11.6 Å². The third kappa shape index (κ3) is 3.26. The monoisotopic (exact) mass is 384 g/mol. The van der Waals surface area contributed by atoms with Gasteiger partial charge in [-0.1, -0.05) is 0 Å². The second-order valence-electron chi connectivity index (χ2n) is 2.24. The van der Waals surface area contributed by atoms with Crippen LogP contribution in [0.4, 0.5) is 17.6 Å². The lowest BCUT2D eigenvalue weighted by Gasteiger charge is -2.10. The van der Waals surface area contributed by atoms with Crippen LogP contribution >= 0.6 is 38.5 Å². The highest BCUT2D eigenvalue weighted by molar-refractivity contribution is 14.1. The van der Waals surface area contributed by atoms with E-state index < -0.39 is 17.9 Å². The molecule has 0 radical (unpaired) electrons. The molecule has 0 saturated heterocycles. The molecular formula is C7H2BrF4IO. The van der Waals surface area contributed by atoms with E-state index in [0.717, 1.165) is 12.1 Å². The molecule has 0 amide bonds. The number of alkyl halides is 3. The molecular weight excluding hydrogens is 383 g/mol. The molecule has 78 valence electrons. The Labute approximate surface area is 98.7 Å². The van der Waals surface area contributed by atoms with E-state index in [1.54, 1.807) is 22.6 Å². The van der Waals surface area contributed by atoms with E-state index in [2.05, 4.69) is 20.7 Å². The molecule has 7 heteroatoms. The average Bonchev–Trinajstić information content (AvgIpc) is 1.97. The van der Waals surface area contributed by atoms with Gasteiger partial charge in [0, 0.05) is 0 Å². The highest BCUT2D eigenvalue weighted by atomic mass is 127. The van der Waals surface area contributed by atoms with Crippen molar-refractivity contribution in [3.8, 4) is 5.75 Å². The Morgan fingerprint density at radius 1 is 1.29 bits per heavy atom. The molecule has 0 spiro atoms. The smallest absolute Gasteiger partial charge is 0.405 e. The topological polar surface area (TPSA) is 9.23 Å². The molecule has 0 bridgehead atoms. The second-order valence-corrected chi connectivity index (χ2v) is 4.26. The largest absolute Gasteiger partial charge is 0.573 e. The van der Waals surface area contributed by atoms with E-state index in [1.807, 2.05) is 0 Å². The van der Waals surface area contributed by atoms with Crippen LogP contribution in [0.15, 0.2) is 16.6 Å². The third-order valence-corrected chi connectivity index (χ3v) is 2.65. The van der Waals surface area contributed by atoms with Gasteiger partial charge in [-0.2, -0.15) is 0 Å². The maximum atomic E-state index is 12.8. The molecule has 1 aromatic carbocycles. The van der Waals surface area contributed by atoms with Crippen molar-refractivity contribution in [3.05, 3.63) is 26.0 Å². The SMILES string of the molecule is Fc1cc(Br)c(OC(F)(F)F)cc1I. The van der Waals surface area contributed by atoms with Gasteiger partial charge in [-0.25, -0.2) is 4.39 Å². The lowest BCUT2D eigenvalue weighted by atomic mass is 10.3. The minimum atomic E-state index is -4.77. The van der Waals surface area contributed by atoms with Crippen LogP contribution in [-0.2, 0) is 0 Å². The Kier molecular flexibility index (Phi) is 3.62. The van der Waals surface area contributed by atoms with Gasteiger partial charge in [0.15, 0.2) is 0 Å². The van der Waals surface area contributed by atoms with E-state index in [9.17, 15) is 17.6 Å². The lowest BCUT2D eigenvalue weighted by molar-refractivity contribution is -0.274. The zero-order valence-electron chi connectivity index (χ0n) is 6.33. The molecule has 1 nitrogen and oxygen atoms in total. The first kappa shape index (κ1) is 12.0. The van der Waals surface area contributed by atoms with Crippen molar-refractivity contribution < 1.29 is 22.3 Å². The first-order chi connectivity index (χ1) is 6.29. The maximum Gasteiger partial charge on any atom is 0.573 e. The fraction of sp³-hybridized carbons (Fsp3) is 0.143. The predicted molar refractivity (Wildman–Crippen MR) is 53.5 cm³/mol. The van der Waals surface area contributed by atoms with Gasteiger partial charge in [0.2, 0.25) is 0 Å². The summed E-state index contributed by atoms with van der Waals surface area (Å²) in [5.41, 5.74) is 0. The molecule has 0 unspecified atom stereocenters. The first-order valence-electron chi connectivity index (χ1n) is 3.20. The van der Waals surface area contributed by atoms with Gasteiger partial charge in [-0.15, -0.1) is 13.2 Å². The summed E-state index contributed by atoms with van der Waals surface area (Å²) in [6.07, 6.45) is -4.77. The summed E-state index contributed by atoms with van der Waals surface area (Å²) in [4.78, 5) is 0. The van der Waals surface area contributed by atoms with Gasteiger partial charge in [-0.3, -0.25) is 0 Å². The molecule has 0 heterocycles. The summed E-state index contributed by atoms with van der Waals surface area (Å²) in [6, 6.07) is 1.89. The number of rotatable bonds is 1. The first-order valence-corrected chi connectivity index (χ1v) is 5.07. The molecule has 1 aromatic rings. The van der Waals surface area contributed by atoms with E-state index in [-0.39, 0.29) is 8.04 Å². The van der Waals surface area contributed by atoms with Crippen molar-refractivity contribution in [2.75, 3.05) is 0 Å². The highest BCUT2D eigenvalue weighted by Crippen LogP contribution is 2.32. The molecule has 0 saturated carbocycles. The van der Waals surface area contributed by atoms with Crippen LogP contribution in [0.2, 0.25) is 0 Å². The quantitative estimate of drug-likeness (QED) is 0.402. The molecule has 0 aliphatic rings. The minimum absolute atomic E-state index is 0.0602. The van der Waals surface area contributed by atoms with Crippen LogP contribution in [-0.4, -0.2) is 6.36 Å². The fourth-order valence-corrected chi connectivity index (χ4v) is 1.54. The number of hydrogen-bond acceptors (Lipinski definition) is 1. The van der Waals surface area contributed by atoms with Gasteiger partial charge in [-0.05, 0) is 50.7 Å². The average molecular weight is 385 g/mol. The molecule has 0 atom stereocenters. The van der Waals surface area contributed by atoms with Crippen LogP contribution in [0.25, 0.3) is 0 Å². The van der Waals surface area contributed by atoms with E-state index >= 15 is 0 Å². The zero-order chi connectivity index (χ0) is 10.9. The standard InChI is InChI=1S/C7H2BrF4IO/c8-3-1-4(9)5(13)2-6(3)14-7(10,11)12/h1-2H. The molecule has 14 heavy (non-hydrogen) atoms. The summed E-state index contributed by atoms with van der Waals surface area (Å²) < 4.78 is 51.9. The maximum absolute atomic E-state index is 12.8. The Hall–Kier alpha value is -0.0500. The Balaban J connectivity index is 3.04. The number of ether oxygens (including phenoxy) is 1. The molecule has 0 aliphatic carbocycles. The molecule has 1 rings (SSSR count). The van der Waals surface area contributed by atoms with Gasteiger partial charge in [0.05, 0.1) is 8.04 Å². The van der Waals surface area contributed by atoms with Crippen LogP contribution in [0.3, 0.4) is 0 Å². The van der Waals surface area contributed by atoms with Crippen LogP contribution in [0, 0.1) is 9.39 Å². The van der Waals surface area contributed by atoms with Crippen molar-refractivity contribution in [3.63, 3.8) is 0 Å². The summed E-state index contributed by atoms with van der Waals surface area (Å²) in [6.45, 7) is 0.